The maximum atomic E-state index is 13.6. The summed E-state index contributed by atoms with van der Waals surface area (Å²) in [5, 5.41) is 10.2. The minimum atomic E-state index is -0.646. The molecule has 0 aliphatic carbocycles. The van der Waals surface area contributed by atoms with E-state index in [4.69, 9.17) is 4.74 Å². The average molecular weight is 416 g/mol. The van der Waals surface area contributed by atoms with E-state index in [0.29, 0.717) is 11.3 Å². The van der Waals surface area contributed by atoms with Crippen molar-refractivity contribution in [3.05, 3.63) is 39.0 Å². The molecule has 0 spiro atoms. The number of amidine groups is 1. The molecule has 1 N–H and O–H groups in total. The number of hydrogen-bond acceptors (Lipinski definition) is 7. The Labute approximate surface area is 149 Å². The van der Waals surface area contributed by atoms with E-state index in [-0.39, 0.29) is 14.5 Å². The zero-order valence-electron chi connectivity index (χ0n) is 12.5. The molecule has 7 nitrogen and oxygen atoms in total. The first-order valence-corrected chi connectivity index (χ1v) is 7.98. The lowest BCUT2D eigenvalue weighted by Crippen LogP contribution is -2.19. The van der Waals surface area contributed by atoms with Crippen LogP contribution in [0.5, 0.6) is 5.75 Å². The fourth-order valence-electron chi connectivity index (χ4n) is 1.61. The van der Waals surface area contributed by atoms with Gasteiger partial charge in [0.1, 0.15) is 11.6 Å². The van der Waals surface area contributed by atoms with Gasteiger partial charge in [-0.25, -0.2) is 9.18 Å². The van der Waals surface area contributed by atoms with E-state index >= 15 is 0 Å². The monoisotopic (exact) mass is 415 g/mol. The molecule has 1 saturated heterocycles. The summed E-state index contributed by atoms with van der Waals surface area (Å²) in [6.07, 6.45) is 2.34. The summed E-state index contributed by atoms with van der Waals surface area (Å²) in [6.45, 7) is 0. The van der Waals surface area contributed by atoms with Crippen LogP contribution in [0.15, 0.2) is 37.8 Å². The topological polar surface area (TPSA) is 89.3 Å². The number of hydrogen-bond donors (Lipinski definition) is 1. The number of methoxy groups -OCH3 is 2. The molecule has 126 valence electrons. The predicted octanol–water partition coefficient (Wildman–Crippen LogP) is 2.21. The number of benzene rings is 1. The standard InChI is InChI=1S/C14H11BrFN3O4S/c1-22-10-4-8(15)9(16)3-7(10)6-17-19-14-18-13(21)11(24-14)5-12(20)23-2/h3-6H,1-2H3,(H,18,19,21)/b11-5+,17-6?. The predicted molar refractivity (Wildman–Crippen MR) is 91.5 cm³/mol. The van der Waals surface area contributed by atoms with Crippen LogP contribution in [-0.4, -0.2) is 37.5 Å². The molecule has 0 unspecified atom stereocenters. The third-order valence-corrected chi connectivity index (χ3v) is 4.23. The van der Waals surface area contributed by atoms with Crippen LogP contribution in [0.4, 0.5) is 4.39 Å². The molecule has 1 amide bonds. The van der Waals surface area contributed by atoms with Crippen LogP contribution in [0.2, 0.25) is 0 Å². The molecule has 1 aromatic carbocycles. The first-order valence-electron chi connectivity index (χ1n) is 6.37. The highest BCUT2D eigenvalue weighted by molar-refractivity contribution is 9.10. The van der Waals surface area contributed by atoms with Crippen LogP contribution in [0, 0.1) is 5.82 Å². The first-order chi connectivity index (χ1) is 11.4. The van der Waals surface area contributed by atoms with E-state index < -0.39 is 17.7 Å². The van der Waals surface area contributed by atoms with E-state index in [1.54, 1.807) is 0 Å². The second kappa shape index (κ2) is 8.06. The summed E-state index contributed by atoms with van der Waals surface area (Å²) in [5.41, 5.74) is 0.377. The van der Waals surface area contributed by atoms with Crippen molar-refractivity contribution in [1.82, 2.24) is 5.32 Å². The van der Waals surface area contributed by atoms with E-state index in [1.807, 2.05) is 0 Å². The number of amides is 1. The highest BCUT2D eigenvalue weighted by Gasteiger charge is 2.25. The maximum Gasteiger partial charge on any atom is 0.331 e. The van der Waals surface area contributed by atoms with Crippen LogP contribution in [0.3, 0.4) is 0 Å². The van der Waals surface area contributed by atoms with Gasteiger partial charge in [-0.05, 0) is 39.8 Å². The van der Waals surface area contributed by atoms with Gasteiger partial charge in [0.25, 0.3) is 5.91 Å². The molecule has 0 bridgehead atoms. The fraction of sp³-hybridized carbons (Fsp3) is 0.143. The van der Waals surface area contributed by atoms with Crippen molar-refractivity contribution >= 4 is 51.0 Å². The summed E-state index contributed by atoms with van der Waals surface area (Å²) >= 11 is 4.00. The highest BCUT2D eigenvalue weighted by atomic mass is 79.9. The SMILES string of the molecule is COC(=O)/C=C1/S/C(=N\N=Cc2cc(F)c(Br)cc2OC)NC1=O. The Bertz CT molecular complexity index is 780. The zero-order chi connectivity index (χ0) is 17.7. The fourth-order valence-corrected chi connectivity index (χ4v) is 2.67. The second-order valence-electron chi connectivity index (χ2n) is 4.25. The summed E-state index contributed by atoms with van der Waals surface area (Å²) in [4.78, 5) is 22.9. The van der Waals surface area contributed by atoms with Gasteiger partial charge >= 0.3 is 5.97 Å². The number of carbonyl (C=O) groups excluding carboxylic acids is 2. The van der Waals surface area contributed by atoms with E-state index in [1.165, 1.54) is 32.6 Å². The van der Waals surface area contributed by atoms with Crippen molar-refractivity contribution in [2.45, 2.75) is 0 Å². The molecule has 0 aromatic heterocycles. The number of thioether (sulfide) groups is 1. The van der Waals surface area contributed by atoms with E-state index in [0.717, 1.165) is 17.8 Å². The van der Waals surface area contributed by atoms with Crippen LogP contribution >= 0.6 is 27.7 Å². The van der Waals surface area contributed by atoms with Crippen LogP contribution in [-0.2, 0) is 14.3 Å². The van der Waals surface area contributed by atoms with Crippen LogP contribution in [0.25, 0.3) is 0 Å². The van der Waals surface area contributed by atoms with Gasteiger partial charge in [-0.15, -0.1) is 5.10 Å². The van der Waals surface area contributed by atoms with Gasteiger partial charge in [-0.2, -0.15) is 5.10 Å². The van der Waals surface area contributed by atoms with Gasteiger partial charge in [-0.3, -0.25) is 10.1 Å². The van der Waals surface area contributed by atoms with Crippen molar-refractivity contribution < 1.29 is 23.5 Å². The highest BCUT2D eigenvalue weighted by Crippen LogP contribution is 2.26. The lowest BCUT2D eigenvalue weighted by Gasteiger charge is -2.05. The molecular weight excluding hydrogens is 405 g/mol. The molecule has 0 saturated carbocycles. The number of nitrogens with one attached hydrogen (secondary N) is 1. The van der Waals surface area contributed by atoms with Crippen molar-refractivity contribution in [3.8, 4) is 5.75 Å². The Kier molecular flexibility index (Phi) is 6.10. The molecule has 1 aliphatic rings. The lowest BCUT2D eigenvalue weighted by molar-refractivity contribution is -0.135. The van der Waals surface area contributed by atoms with E-state index in [9.17, 15) is 14.0 Å². The van der Waals surface area contributed by atoms with Gasteiger partial charge in [0.15, 0.2) is 5.17 Å². The largest absolute Gasteiger partial charge is 0.496 e. The number of esters is 1. The van der Waals surface area contributed by atoms with Crippen molar-refractivity contribution in [1.29, 1.82) is 0 Å². The number of rotatable bonds is 4. The van der Waals surface area contributed by atoms with Crippen LogP contribution in [0.1, 0.15) is 5.56 Å². The van der Waals surface area contributed by atoms with Crippen LogP contribution < -0.4 is 10.1 Å². The average Bonchev–Trinajstić information content (AvgIpc) is 2.90. The molecule has 1 heterocycles. The lowest BCUT2D eigenvalue weighted by atomic mass is 10.2. The molecule has 0 radical (unpaired) electrons. The van der Waals surface area contributed by atoms with E-state index in [2.05, 4.69) is 36.2 Å². The zero-order valence-corrected chi connectivity index (χ0v) is 14.9. The van der Waals surface area contributed by atoms with Crippen molar-refractivity contribution in [2.24, 2.45) is 10.2 Å². The Morgan fingerprint density at radius 2 is 2.17 bits per heavy atom. The minimum absolute atomic E-state index is 0.142. The molecule has 1 fully saturated rings. The van der Waals surface area contributed by atoms with Gasteiger partial charge in [0, 0.05) is 11.6 Å². The van der Waals surface area contributed by atoms with Gasteiger partial charge in [0.2, 0.25) is 0 Å². The summed E-state index contributed by atoms with van der Waals surface area (Å²) in [7, 11) is 2.65. The molecule has 2 rings (SSSR count). The summed E-state index contributed by atoms with van der Waals surface area (Å²) in [5.74, 6) is -1.20. The Morgan fingerprint density at radius 1 is 1.42 bits per heavy atom. The van der Waals surface area contributed by atoms with Gasteiger partial charge < -0.3 is 9.47 Å². The number of halogens is 2. The summed E-state index contributed by atoms with van der Waals surface area (Å²) < 4.78 is 23.4. The number of nitrogens with zero attached hydrogens (tertiary/aromatic N) is 2. The minimum Gasteiger partial charge on any atom is -0.496 e. The molecule has 24 heavy (non-hydrogen) atoms. The third-order valence-electron chi connectivity index (χ3n) is 2.72. The third kappa shape index (κ3) is 4.42. The summed E-state index contributed by atoms with van der Waals surface area (Å²) in [6, 6.07) is 2.70. The van der Waals surface area contributed by atoms with Crippen molar-refractivity contribution in [2.75, 3.05) is 14.2 Å². The maximum absolute atomic E-state index is 13.6. The molecule has 1 aromatic rings. The molecule has 10 heteroatoms. The Hall–Kier alpha value is -2.20. The smallest absolute Gasteiger partial charge is 0.331 e. The Balaban J connectivity index is 2.16. The Morgan fingerprint density at radius 3 is 2.83 bits per heavy atom. The normalized spacial score (nSPS) is 17.6. The molecular formula is C14H11BrFN3O4S. The second-order valence-corrected chi connectivity index (χ2v) is 6.13. The quantitative estimate of drug-likeness (QED) is 0.352. The number of carbonyl (C=O) groups is 2. The first kappa shape index (κ1) is 18.1. The van der Waals surface area contributed by atoms with Gasteiger partial charge in [-0.1, -0.05) is 0 Å². The molecule has 0 atom stereocenters. The van der Waals surface area contributed by atoms with Crippen molar-refractivity contribution in [3.63, 3.8) is 0 Å². The molecule has 1 aliphatic heterocycles. The van der Waals surface area contributed by atoms with Gasteiger partial charge in [0.05, 0.1) is 29.8 Å². The number of ether oxygens (including phenoxy) is 2.